The van der Waals surface area contributed by atoms with E-state index in [4.69, 9.17) is 5.11 Å². The number of carbonyl (C=O) groups is 2. The highest BCUT2D eigenvalue weighted by atomic mass is 32.1. The molecule has 23 heavy (non-hydrogen) atoms. The van der Waals surface area contributed by atoms with Crippen molar-refractivity contribution in [2.45, 2.75) is 39.5 Å². The number of thiazole rings is 1. The van der Waals surface area contributed by atoms with E-state index in [0.29, 0.717) is 5.13 Å². The molecular formula is C17H20N2O3S. The van der Waals surface area contributed by atoms with Crippen LogP contribution in [0.4, 0.5) is 5.13 Å². The lowest BCUT2D eigenvalue weighted by atomic mass is 10.1. The second-order valence-electron chi connectivity index (χ2n) is 5.31. The number of anilines is 1. The summed E-state index contributed by atoms with van der Waals surface area (Å²) in [6.07, 6.45) is 1.94. The van der Waals surface area contributed by atoms with Crippen molar-refractivity contribution >= 4 is 28.3 Å². The molecule has 1 aromatic heterocycles. The highest BCUT2D eigenvalue weighted by Crippen LogP contribution is 2.30. The van der Waals surface area contributed by atoms with Gasteiger partial charge >= 0.3 is 5.97 Å². The SMILES string of the molecule is CCCc1ccc(-c2nc(NC(=O)CCC(=O)O)sc2C)cc1. The number of aromatic nitrogens is 1. The van der Waals surface area contributed by atoms with Crippen molar-refractivity contribution in [3.63, 3.8) is 0 Å². The first-order valence-corrected chi connectivity index (χ1v) is 8.39. The van der Waals surface area contributed by atoms with Gasteiger partial charge in [-0.05, 0) is 18.9 Å². The van der Waals surface area contributed by atoms with E-state index in [-0.39, 0.29) is 18.7 Å². The highest BCUT2D eigenvalue weighted by Gasteiger charge is 2.13. The minimum Gasteiger partial charge on any atom is -0.481 e. The lowest BCUT2D eigenvalue weighted by Gasteiger charge is -2.02. The summed E-state index contributed by atoms with van der Waals surface area (Å²) < 4.78 is 0. The van der Waals surface area contributed by atoms with Crippen LogP contribution in [0.3, 0.4) is 0 Å². The average molecular weight is 332 g/mol. The lowest BCUT2D eigenvalue weighted by molar-refractivity contribution is -0.138. The predicted octanol–water partition coefficient (Wildman–Crippen LogP) is 3.87. The summed E-state index contributed by atoms with van der Waals surface area (Å²) in [4.78, 5) is 27.6. The molecule has 2 rings (SSSR count). The standard InChI is InChI=1S/C17H20N2O3S/c1-3-4-12-5-7-13(8-6-12)16-11(2)23-17(19-16)18-14(20)9-10-15(21)22/h5-8H,3-4,9-10H2,1-2H3,(H,21,22)(H,18,19,20). The number of carboxylic acid groups (broad SMARTS) is 1. The monoisotopic (exact) mass is 332 g/mol. The number of aliphatic carboxylic acids is 1. The Morgan fingerprint density at radius 3 is 2.52 bits per heavy atom. The van der Waals surface area contributed by atoms with Crippen molar-refractivity contribution in [1.82, 2.24) is 4.98 Å². The van der Waals surface area contributed by atoms with Crippen LogP contribution in [-0.4, -0.2) is 22.0 Å². The van der Waals surface area contributed by atoms with Crippen molar-refractivity contribution in [2.75, 3.05) is 5.32 Å². The summed E-state index contributed by atoms with van der Waals surface area (Å²) in [5.74, 6) is -1.31. The van der Waals surface area contributed by atoms with E-state index in [1.165, 1.54) is 16.9 Å². The second-order valence-corrected chi connectivity index (χ2v) is 6.52. The molecule has 0 aliphatic rings. The Morgan fingerprint density at radius 2 is 1.91 bits per heavy atom. The molecule has 0 unspecified atom stereocenters. The van der Waals surface area contributed by atoms with Gasteiger partial charge < -0.3 is 10.4 Å². The maximum Gasteiger partial charge on any atom is 0.303 e. The van der Waals surface area contributed by atoms with Gasteiger partial charge in [0.05, 0.1) is 12.1 Å². The summed E-state index contributed by atoms with van der Waals surface area (Å²) in [7, 11) is 0. The quantitative estimate of drug-likeness (QED) is 0.806. The van der Waals surface area contributed by atoms with Crippen LogP contribution < -0.4 is 5.32 Å². The number of nitrogens with one attached hydrogen (secondary N) is 1. The number of rotatable bonds is 7. The summed E-state index contributed by atoms with van der Waals surface area (Å²) in [5, 5.41) is 11.8. The van der Waals surface area contributed by atoms with Gasteiger partial charge in [0, 0.05) is 16.9 Å². The molecule has 0 atom stereocenters. The first-order valence-electron chi connectivity index (χ1n) is 7.58. The van der Waals surface area contributed by atoms with Crippen LogP contribution >= 0.6 is 11.3 Å². The number of nitrogens with zero attached hydrogens (tertiary/aromatic N) is 1. The summed E-state index contributed by atoms with van der Waals surface area (Å²) >= 11 is 1.40. The molecule has 0 aliphatic carbocycles. The van der Waals surface area contributed by atoms with Crippen LogP contribution in [0.15, 0.2) is 24.3 Å². The van der Waals surface area contributed by atoms with Crippen LogP contribution in [0.2, 0.25) is 0 Å². The van der Waals surface area contributed by atoms with Crippen LogP contribution in [0.5, 0.6) is 0 Å². The normalized spacial score (nSPS) is 10.5. The van der Waals surface area contributed by atoms with Crippen LogP contribution in [0.1, 0.15) is 36.6 Å². The van der Waals surface area contributed by atoms with Crippen LogP contribution in [-0.2, 0) is 16.0 Å². The van der Waals surface area contributed by atoms with Crippen LogP contribution in [0, 0.1) is 6.92 Å². The summed E-state index contributed by atoms with van der Waals surface area (Å²) in [6, 6.07) is 8.29. The third-order valence-electron chi connectivity index (χ3n) is 3.37. The Kier molecular flexibility index (Phi) is 5.87. The smallest absolute Gasteiger partial charge is 0.303 e. The molecule has 0 saturated heterocycles. The number of hydrogen-bond donors (Lipinski definition) is 2. The zero-order chi connectivity index (χ0) is 16.8. The van der Waals surface area contributed by atoms with Crippen molar-refractivity contribution in [3.05, 3.63) is 34.7 Å². The van der Waals surface area contributed by atoms with Crippen LogP contribution in [0.25, 0.3) is 11.3 Å². The van der Waals surface area contributed by atoms with E-state index >= 15 is 0 Å². The maximum absolute atomic E-state index is 11.7. The Hall–Kier alpha value is -2.21. The maximum atomic E-state index is 11.7. The fraction of sp³-hybridized carbons (Fsp3) is 0.353. The molecule has 0 bridgehead atoms. The molecule has 0 aliphatic heterocycles. The van der Waals surface area contributed by atoms with Gasteiger partial charge in [-0.2, -0.15) is 0 Å². The first-order chi connectivity index (χ1) is 11.0. The number of hydrogen-bond acceptors (Lipinski definition) is 4. The van der Waals surface area contributed by atoms with E-state index in [2.05, 4.69) is 29.4 Å². The molecule has 0 radical (unpaired) electrons. The highest BCUT2D eigenvalue weighted by molar-refractivity contribution is 7.16. The molecule has 1 heterocycles. The molecule has 1 amide bonds. The van der Waals surface area contributed by atoms with Gasteiger partial charge in [-0.1, -0.05) is 37.6 Å². The van der Waals surface area contributed by atoms with Gasteiger partial charge in [0.2, 0.25) is 5.91 Å². The largest absolute Gasteiger partial charge is 0.481 e. The summed E-state index contributed by atoms with van der Waals surface area (Å²) in [6.45, 7) is 4.11. The topological polar surface area (TPSA) is 79.3 Å². The minimum atomic E-state index is -0.983. The van der Waals surface area contributed by atoms with Gasteiger partial charge in [-0.15, -0.1) is 11.3 Å². The Balaban J connectivity index is 2.08. The minimum absolute atomic E-state index is 0.0466. The Bertz CT molecular complexity index is 692. The zero-order valence-corrected chi connectivity index (χ0v) is 14.1. The third kappa shape index (κ3) is 4.89. The van der Waals surface area contributed by atoms with Gasteiger partial charge in [-0.25, -0.2) is 4.98 Å². The number of carboxylic acids is 1. The average Bonchev–Trinajstić information content (AvgIpc) is 2.87. The predicted molar refractivity (Wildman–Crippen MR) is 91.8 cm³/mol. The van der Waals surface area contributed by atoms with E-state index < -0.39 is 5.97 Å². The molecule has 1 aromatic carbocycles. The molecule has 0 fully saturated rings. The van der Waals surface area contributed by atoms with E-state index in [1.54, 1.807) is 0 Å². The van der Waals surface area contributed by atoms with Crippen molar-refractivity contribution in [3.8, 4) is 11.3 Å². The zero-order valence-electron chi connectivity index (χ0n) is 13.3. The third-order valence-corrected chi connectivity index (χ3v) is 4.26. The molecule has 6 heteroatoms. The first kappa shape index (κ1) is 17.1. The molecule has 5 nitrogen and oxygen atoms in total. The Morgan fingerprint density at radius 1 is 1.22 bits per heavy atom. The molecule has 0 spiro atoms. The van der Waals surface area contributed by atoms with E-state index in [0.717, 1.165) is 29.0 Å². The molecular weight excluding hydrogens is 312 g/mol. The number of amides is 1. The fourth-order valence-corrected chi connectivity index (χ4v) is 3.09. The molecule has 2 N–H and O–H groups in total. The van der Waals surface area contributed by atoms with E-state index in [1.807, 2.05) is 19.1 Å². The number of aryl methyl sites for hydroxylation is 2. The molecule has 0 saturated carbocycles. The lowest BCUT2D eigenvalue weighted by Crippen LogP contribution is -2.12. The number of carbonyl (C=O) groups excluding carboxylic acids is 1. The van der Waals surface area contributed by atoms with Gasteiger partial charge in [0.25, 0.3) is 0 Å². The van der Waals surface area contributed by atoms with Gasteiger partial charge in [0.15, 0.2) is 5.13 Å². The molecule has 122 valence electrons. The second kappa shape index (κ2) is 7.87. The Labute approximate surface area is 139 Å². The van der Waals surface area contributed by atoms with Crippen molar-refractivity contribution < 1.29 is 14.7 Å². The van der Waals surface area contributed by atoms with Crippen molar-refractivity contribution in [2.24, 2.45) is 0 Å². The number of benzene rings is 1. The van der Waals surface area contributed by atoms with E-state index in [9.17, 15) is 9.59 Å². The van der Waals surface area contributed by atoms with Gasteiger partial charge in [0.1, 0.15) is 0 Å². The fourth-order valence-electron chi connectivity index (χ4n) is 2.24. The molecule has 2 aromatic rings. The van der Waals surface area contributed by atoms with Gasteiger partial charge in [-0.3, -0.25) is 9.59 Å². The van der Waals surface area contributed by atoms with Crippen molar-refractivity contribution in [1.29, 1.82) is 0 Å². The summed E-state index contributed by atoms with van der Waals surface area (Å²) in [5.41, 5.74) is 3.17.